The molecular formula is C19H19NO. The molecular weight excluding hydrogens is 258 g/mol. The van der Waals surface area contributed by atoms with E-state index in [0.717, 1.165) is 22.9 Å². The zero-order valence-corrected chi connectivity index (χ0v) is 12.0. The molecule has 1 amide bonds. The summed E-state index contributed by atoms with van der Waals surface area (Å²) in [6.07, 6.45) is 4.13. The minimum absolute atomic E-state index is 0.262. The van der Waals surface area contributed by atoms with Crippen LogP contribution in [0.2, 0.25) is 0 Å². The van der Waals surface area contributed by atoms with Crippen molar-refractivity contribution in [1.29, 1.82) is 0 Å². The maximum Gasteiger partial charge on any atom is 0.228 e. The smallest absolute Gasteiger partial charge is 0.228 e. The first-order chi connectivity index (χ1) is 10.3. The van der Waals surface area contributed by atoms with Crippen molar-refractivity contribution in [2.75, 3.05) is 5.32 Å². The molecule has 106 valence electrons. The van der Waals surface area contributed by atoms with E-state index < -0.39 is 0 Å². The first-order valence-corrected chi connectivity index (χ1v) is 8.11. The van der Waals surface area contributed by atoms with Crippen molar-refractivity contribution in [3.05, 3.63) is 42.5 Å². The summed E-state index contributed by atoms with van der Waals surface area (Å²) < 4.78 is 0. The van der Waals surface area contributed by atoms with Crippen LogP contribution in [0.25, 0.3) is 10.8 Å². The van der Waals surface area contributed by atoms with Gasteiger partial charge < -0.3 is 5.32 Å². The van der Waals surface area contributed by atoms with Crippen molar-refractivity contribution in [2.24, 2.45) is 29.6 Å². The van der Waals surface area contributed by atoms with Gasteiger partial charge >= 0.3 is 0 Å². The van der Waals surface area contributed by atoms with Gasteiger partial charge in [-0.3, -0.25) is 4.79 Å². The molecule has 2 heteroatoms. The predicted octanol–water partition coefficient (Wildman–Crippen LogP) is 4.07. The van der Waals surface area contributed by atoms with Crippen LogP contribution in [0.3, 0.4) is 0 Å². The van der Waals surface area contributed by atoms with Crippen molar-refractivity contribution in [3.8, 4) is 0 Å². The molecule has 1 N–H and O–H groups in total. The number of rotatable bonds is 2. The molecule has 0 aromatic heterocycles. The summed E-state index contributed by atoms with van der Waals surface area (Å²) in [6.45, 7) is 0. The predicted molar refractivity (Wildman–Crippen MR) is 83.9 cm³/mol. The molecule has 2 nitrogen and oxygen atoms in total. The van der Waals surface area contributed by atoms with Gasteiger partial charge in [0.05, 0.1) is 0 Å². The molecule has 2 aromatic carbocycles. The van der Waals surface area contributed by atoms with Crippen molar-refractivity contribution >= 4 is 22.4 Å². The van der Waals surface area contributed by atoms with Gasteiger partial charge in [-0.05, 0) is 54.4 Å². The molecule has 1 unspecified atom stereocenters. The normalized spacial score (nSPS) is 35.7. The molecule has 21 heavy (non-hydrogen) atoms. The van der Waals surface area contributed by atoms with Gasteiger partial charge in [0.15, 0.2) is 0 Å². The Balaban J connectivity index is 1.41. The molecule has 3 aliphatic carbocycles. The highest BCUT2D eigenvalue weighted by Crippen LogP contribution is 2.69. The van der Waals surface area contributed by atoms with Crippen LogP contribution >= 0.6 is 0 Å². The van der Waals surface area contributed by atoms with E-state index in [2.05, 4.69) is 23.5 Å². The largest absolute Gasteiger partial charge is 0.325 e. The molecule has 3 fully saturated rings. The van der Waals surface area contributed by atoms with Gasteiger partial charge in [0, 0.05) is 17.0 Å². The zero-order valence-electron chi connectivity index (χ0n) is 12.0. The van der Waals surface area contributed by atoms with Crippen LogP contribution in [0.5, 0.6) is 0 Å². The lowest BCUT2D eigenvalue weighted by atomic mass is 10.0. The molecule has 5 rings (SSSR count). The van der Waals surface area contributed by atoms with Gasteiger partial charge in [-0.15, -0.1) is 0 Å². The Morgan fingerprint density at radius 2 is 1.67 bits per heavy atom. The second-order valence-electron chi connectivity index (χ2n) is 7.03. The maximum atomic E-state index is 12.6. The van der Waals surface area contributed by atoms with E-state index in [-0.39, 0.29) is 5.91 Å². The lowest BCUT2D eigenvalue weighted by molar-refractivity contribution is -0.118. The van der Waals surface area contributed by atoms with Crippen LogP contribution in [0.4, 0.5) is 5.69 Å². The summed E-state index contributed by atoms with van der Waals surface area (Å²) in [5.41, 5.74) is 0.968. The van der Waals surface area contributed by atoms with E-state index >= 15 is 0 Å². The van der Waals surface area contributed by atoms with E-state index in [1.807, 2.05) is 24.3 Å². The number of amides is 1. The molecule has 0 aliphatic heterocycles. The van der Waals surface area contributed by atoms with Crippen molar-refractivity contribution in [1.82, 2.24) is 0 Å². The molecule has 2 bridgehead atoms. The molecule has 3 aliphatic rings. The van der Waals surface area contributed by atoms with Gasteiger partial charge in [0.2, 0.25) is 5.91 Å². The van der Waals surface area contributed by atoms with Crippen LogP contribution in [-0.4, -0.2) is 5.91 Å². The lowest BCUT2D eigenvalue weighted by Gasteiger charge is -2.11. The monoisotopic (exact) mass is 277 g/mol. The number of carbonyl (C=O) groups excluding carboxylic acids is 1. The third-order valence-electron chi connectivity index (χ3n) is 6.09. The minimum Gasteiger partial charge on any atom is -0.325 e. The lowest BCUT2D eigenvalue weighted by Crippen LogP contribution is -2.18. The summed E-state index contributed by atoms with van der Waals surface area (Å²) in [4.78, 5) is 12.6. The minimum atomic E-state index is 0.262. The quantitative estimate of drug-likeness (QED) is 0.880. The number of hydrogen-bond donors (Lipinski definition) is 1. The Kier molecular flexibility index (Phi) is 2.30. The molecule has 0 spiro atoms. The summed E-state index contributed by atoms with van der Waals surface area (Å²) in [6, 6.07) is 14.4. The fourth-order valence-electron chi connectivity index (χ4n) is 5.23. The SMILES string of the molecule is O=C(Nc1cccc2ccccc12)C1[C@@H]2[C@H]3CC[C@@H](C3)[C@H]12. The Bertz CT molecular complexity index is 716. The van der Waals surface area contributed by atoms with E-state index in [1.54, 1.807) is 0 Å². The first kappa shape index (κ1) is 11.8. The highest BCUT2D eigenvalue weighted by Gasteiger charge is 2.67. The molecule has 0 heterocycles. The maximum absolute atomic E-state index is 12.6. The summed E-state index contributed by atoms with van der Waals surface area (Å²) in [5, 5.41) is 5.53. The van der Waals surface area contributed by atoms with E-state index in [4.69, 9.17) is 0 Å². The Hall–Kier alpha value is -1.83. The number of anilines is 1. The third kappa shape index (κ3) is 1.62. The standard InChI is InChI=1S/C19H19NO/c21-19(18-16-12-8-9-13(10-12)17(16)18)20-15-7-3-5-11-4-1-2-6-14(11)15/h1-7,12-13,16-18H,8-10H2,(H,20,21)/t12-,13-,16-,17+,18?/m0/s1. The fourth-order valence-corrected chi connectivity index (χ4v) is 5.23. The van der Waals surface area contributed by atoms with E-state index in [0.29, 0.717) is 17.8 Å². The summed E-state index contributed by atoms with van der Waals surface area (Å²) in [5.74, 6) is 3.68. The summed E-state index contributed by atoms with van der Waals surface area (Å²) in [7, 11) is 0. The van der Waals surface area contributed by atoms with Gasteiger partial charge in [-0.2, -0.15) is 0 Å². The number of nitrogens with one attached hydrogen (secondary N) is 1. The number of carbonyl (C=O) groups is 1. The highest BCUT2D eigenvalue weighted by molar-refractivity contribution is 6.03. The zero-order chi connectivity index (χ0) is 14.0. The molecule has 2 aromatic rings. The van der Waals surface area contributed by atoms with Crippen molar-refractivity contribution < 1.29 is 4.79 Å². The first-order valence-electron chi connectivity index (χ1n) is 8.11. The topological polar surface area (TPSA) is 29.1 Å². The van der Waals surface area contributed by atoms with Crippen LogP contribution in [0.1, 0.15) is 19.3 Å². The van der Waals surface area contributed by atoms with E-state index in [9.17, 15) is 4.79 Å². The number of benzene rings is 2. The van der Waals surface area contributed by atoms with Crippen molar-refractivity contribution in [3.63, 3.8) is 0 Å². The van der Waals surface area contributed by atoms with E-state index in [1.165, 1.54) is 24.6 Å². The molecule has 0 saturated heterocycles. The van der Waals surface area contributed by atoms with Crippen LogP contribution in [0, 0.1) is 29.6 Å². The van der Waals surface area contributed by atoms with Crippen LogP contribution < -0.4 is 5.32 Å². The van der Waals surface area contributed by atoms with Gasteiger partial charge in [0.25, 0.3) is 0 Å². The fraction of sp³-hybridized carbons (Fsp3) is 0.421. The number of fused-ring (bicyclic) bond motifs is 6. The average Bonchev–Trinajstić information content (AvgIpc) is 2.96. The second kappa shape index (κ2) is 4.09. The molecule has 0 radical (unpaired) electrons. The van der Waals surface area contributed by atoms with Crippen molar-refractivity contribution in [2.45, 2.75) is 19.3 Å². The van der Waals surface area contributed by atoms with Crippen LogP contribution in [-0.2, 0) is 4.79 Å². The van der Waals surface area contributed by atoms with Gasteiger partial charge in [0.1, 0.15) is 0 Å². The second-order valence-corrected chi connectivity index (χ2v) is 7.03. The Morgan fingerprint density at radius 1 is 0.952 bits per heavy atom. The van der Waals surface area contributed by atoms with Gasteiger partial charge in [-0.25, -0.2) is 0 Å². The number of hydrogen-bond acceptors (Lipinski definition) is 1. The average molecular weight is 277 g/mol. The van der Waals surface area contributed by atoms with Gasteiger partial charge in [-0.1, -0.05) is 36.4 Å². The third-order valence-corrected chi connectivity index (χ3v) is 6.09. The van der Waals surface area contributed by atoms with Crippen LogP contribution in [0.15, 0.2) is 42.5 Å². The Morgan fingerprint density at radius 3 is 2.48 bits per heavy atom. The summed E-state index contributed by atoms with van der Waals surface area (Å²) >= 11 is 0. The Labute approximate surface area is 124 Å². The molecule has 5 atom stereocenters. The molecule has 3 saturated carbocycles. The highest BCUT2D eigenvalue weighted by atomic mass is 16.2.